The van der Waals surface area contributed by atoms with Crippen LogP contribution in [0.25, 0.3) is 10.9 Å². The summed E-state index contributed by atoms with van der Waals surface area (Å²) in [6.45, 7) is 4.44. The number of pyridine rings is 1. The van der Waals surface area contributed by atoms with Crippen LogP contribution < -0.4 is 5.32 Å². The monoisotopic (exact) mass is 282 g/mol. The van der Waals surface area contributed by atoms with Gasteiger partial charge in [0.1, 0.15) is 0 Å². The maximum Gasteiger partial charge on any atom is 0.220 e. The molecule has 2 aromatic rings. The van der Waals surface area contributed by atoms with E-state index in [1.807, 2.05) is 18.3 Å². The predicted molar refractivity (Wildman–Crippen MR) is 85.0 cm³/mol. The molecule has 1 N–H and O–H groups in total. The van der Waals surface area contributed by atoms with Crippen LogP contribution in [0.5, 0.6) is 0 Å². The summed E-state index contributed by atoms with van der Waals surface area (Å²) in [5.41, 5.74) is 2.22. The lowest BCUT2D eigenvalue weighted by atomic mass is 9.81. The number of nitrogens with one attached hydrogen (secondary N) is 1. The molecule has 0 aliphatic carbocycles. The third kappa shape index (κ3) is 2.92. The van der Waals surface area contributed by atoms with Gasteiger partial charge in [0.05, 0.1) is 5.52 Å². The van der Waals surface area contributed by atoms with Crippen molar-refractivity contribution in [2.45, 2.75) is 45.1 Å². The maximum atomic E-state index is 11.8. The predicted octanol–water partition coefficient (Wildman–Crippen LogP) is 3.47. The number of rotatable bonds is 4. The number of hydrogen-bond donors (Lipinski definition) is 1. The minimum absolute atomic E-state index is 0.0879. The Morgan fingerprint density at radius 3 is 2.81 bits per heavy atom. The lowest BCUT2D eigenvalue weighted by molar-refractivity contribution is -0.119. The summed E-state index contributed by atoms with van der Waals surface area (Å²) in [7, 11) is 0. The third-order valence-corrected chi connectivity index (χ3v) is 4.30. The molecule has 1 aliphatic heterocycles. The van der Waals surface area contributed by atoms with Gasteiger partial charge in [-0.2, -0.15) is 0 Å². The Hall–Kier alpha value is -1.90. The highest BCUT2D eigenvalue weighted by molar-refractivity contribution is 5.83. The van der Waals surface area contributed by atoms with Gasteiger partial charge in [0.2, 0.25) is 5.91 Å². The third-order valence-electron chi connectivity index (χ3n) is 4.30. The van der Waals surface area contributed by atoms with Gasteiger partial charge in [0.15, 0.2) is 0 Å². The lowest BCUT2D eigenvalue weighted by Crippen LogP contribution is -2.44. The zero-order valence-electron chi connectivity index (χ0n) is 12.7. The fourth-order valence-corrected chi connectivity index (χ4v) is 3.59. The maximum absolute atomic E-state index is 11.8. The highest BCUT2D eigenvalue weighted by Crippen LogP contribution is 2.32. The minimum Gasteiger partial charge on any atom is -0.350 e. The molecule has 1 aromatic heterocycles. The van der Waals surface area contributed by atoms with E-state index in [9.17, 15) is 4.79 Å². The first kappa shape index (κ1) is 14.1. The first-order valence-corrected chi connectivity index (χ1v) is 7.72. The van der Waals surface area contributed by atoms with Gasteiger partial charge in [0.25, 0.3) is 0 Å². The standard InChI is InChI=1S/C18H22N2O/c1-13(2)11-18(9-7-17(21)20-18)12-14-8-10-19-16-6-4-3-5-15(14)16/h3-6,8,10,13H,7,9,11-12H2,1-2H3,(H,20,21). The van der Waals surface area contributed by atoms with Gasteiger partial charge >= 0.3 is 0 Å². The van der Waals surface area contributed by atoms with E-state index in [4.69, 9.17) is 0 Å². The van der Waals surface area contributed by atoms with Crippen LogP contribution in [0.3, 0.4) is 0 Å². The fourth-order valence-electron chi connectivity index (χ4n) is 3.59. The second-order valence-corrected chi connectivity index (χ2v) is 6.59. The Kier molecular flexibility index (Phi) is 3.66. The van der Waals surface area contributed by atoms with Crippen LogP contribution in [-0.2, 0) is 11.2 Å². The molecule has 3 nitrogen and oxygen atoms in total. The topological polar surface area (TPSA) is 42.0 Å². The number of carbonyl (C=O) groups is 1. The molecule has 1 aromatic carbocycles. The Morgan fingerprint density at radius 2 is 2.10 bits per heavy atom. The molecule has 3 heteroatoms. The van der Waals surface area contributed by atoms with Crippen LogP contribution in [0.2, 0.25) is 0 Å². The van der Waals surface area contributed by atoms with E-state index in [1.54, 1.807) is 0 Å². The summed E-state index contributed by atoms with van der Waals surface area (Å²) >= 11 is 0. The zero-order valence-corrected chi connectivity index (χ0v) is 12.7. The van der Waals surface area contributed by atoms with Crippen molar-refractivity contribution < 1.29 is 4.79 Å². The molecule has 2 heterocycles. The van der Waals surface area contributed by atoms with Crippen LogP contribution in [0, 0.1) is 5.92 Å². The lowest BCUT2D eigenvalue weighted by Gasteiger charge is -2.31. The Labute approximate surface area is 125 Å². The van der Waals surface area contributed by atoms with E-state index in [2.05, 4.69) is 42.3 Å². The molecule has 0 radical (unpaired) electrons. The van der Waals surface area contributed by atoms with Gasteiger partial charge in [-0.1, -0.05) is 32.0 Å². The normalized spacial score (nSPS) is 22.0. The van der Waals surface area contributed by atoms with Gasteiger partial charge in [-0.25, -0.2) is 0 Å². The van der Waals surface area contributed by atoms with Crippen molar-refractivity contribution in [1.29, 1.82) is 0 Å². The van der Waals surface area contributed by atoms with E-state index in [0.717, 1.165) is 24.8 Å². The molecule has 1 amide bonds. The molecular formula is C18H22N2O. The Bertz CT molecular complexity index is 660. The number of aromatic nitrogens is 1. The molecule has 0 saturated carbocycles. The van der Waals surface area contributed by atoms with Crippen LogP contribution >= 0.6 is 0 Å². The largest absolute Gasteiger partial charge is 0.350 e. The van der Waals surface area contributed by atoms with Crippen LogP contribution in [0.1, 0.15) is 38.7 Å². The zero-order chi connectivity index (χ0) is 14.9. The second kappa shape index (κ2) is 5.47. The average Bonchev–Trinajstić information content (AvgIpc) is 2.79. The summed E-state index contributed by atoms with van der Waals surface area (Å²) in [5, 5.41) is 4.45. The summed E-state index contributed by atoms with van der Waals surface area (Å²) in [6.07, 6.45) is 5.36. The van der Waals surface area contributed by atoms with E-state index >= 15 is 0 Å². The van der Waals surface area contributed by atoms with E-state index in [1.165, 1.54) is 10.9 Å². The highest BCUT2D eigenvalue weighted by atomic mass is 16.2. The first-order valence-electron chi connectivity index (χ1n) is 7.72. The molecule has 1 fully saturated rings. The fraction of sp³-hybridized carbons (Fsp3) is 0.444. The van der Waals surface area contributed by atoms with Crippen molar-refractivity contribution >= 4 is 16.8 Å². The number of carbonyl (C=O) groups excluding carboxylic acids is 1. The van der Waals surface area contributed by atoms with Crippen molar-refractivity contribution in [2.75, 3.05) is 0 Å². The number of benzene rings is 1. The van der Waals surface area contributed by atoms with Crippen LogP contribution in [0.15, 0.2) is 36.5 Å². The van der Waals surface area contributed by atoms with Crippen LogP contribution in [0.4, 0.5) is 0 Å². The Morgan fingerprint density at radius 1 is 1.29 bits per heavy atom. The number of fused-ring (bicyclic) bond motifs is 1. The summed E-state index contributed by atoms with van der Waals surface area (Å²) in [5.74, 6) is 0.755. The number of nitrogens with zero attached hydrogens (tertiary/aromatic N) is 1. The van der Waals surface area contributed by atoms with Crippen molar-refractivity contribution in [3.8, 4) is 0 Å². The number of amides is 1. The summed E-state index contributed by atoms with van der Waals surface area (Å²) in [6, 6.07) is 10.3. The van der Waals surface area contributed by atoms with Gasteiger partial charge in [-0.15, -0.1) is 0 Å². The van der Waals surface area contributed by atoms with Crippen molar-refractivity contribution in [3.63, 3.8) is 0 Å². The molecule has 1 atom stereocenters. The number of hydrogen-bond acceptors (Lipinski definition) is 2. The second-order valence-electron chi connectivity index (χ2n) is 6.59. The molecule has 1 saturated heterocycles. The van der Waals surface area contributed by atoms with E-state index in [-0.39, 0.29) is 11.4 Å². The van der Waals surface area contributed by atoms with Crippen molar-refractivity contribution in [1.82, 2.24) is 10.3 Å². The smallest absolute Gasteiger partial charge is 0.220 e. The minimum atomic E-state index is -0.0879. The number of para-hydroxylation sites is 1. The van der Waals surface area contributed by atoms with Crippen molar-refractivity contribution in [3.05, 3.63) is 42.1 Å². The molecule has 110 valence electrons. The van der Waals surface area contributed by atoms with Gasteiger partial charge in [-0.3, -0.25) is 9.78 Å². The van der Waals surface area contributed by atoms with Crippen LogP contribution in [-0.4, -0.2) is 16.4 Å². The molecule has 0 bridgehead atoms. The molecule has 21 heavy (non-hydrogen) atoms. The Balaban J connectivity index is 1.96. The van der Waals surface area contributed by atoms with Gasteiger partial charge in [0, 0.05) is 23.5 Å². The summed E-state index contributed by atoms with van der Waals surface area (Å²) in [4.78, 5) is 16.2. The molecule has 1 unspecified atom stereocenters. The van der Waals surface area contributed by atoms with Gasteiger partial charge < -0.3 is 5.32 Å². The molecule has 1 aliphatic rings. The molecule has 0 spiro atoms. The quantitative estimate of drug-likeness (QED) is 0.933. The average molecular weight is 282 g/mol. The van der Waals surface area contributed by atoms with E-state index < -0.39 is 0 Å². The SMILES string of the molecule is CC(C)CC1(Cc2ccnc3ccccc23)CCC(=O)N1. The molecule has 3 rings (SSSR count). The van der Waals surface area contributed by atoms with E-state index in [0.29, 0.717) is 12.3 Å². The van der Waals surface area contributed by atoms with Crippen molar-refractivity contribution in [2.24, 2.45) is 5.92 Å². The summed E-state index contributed by atoms with van der Waals surface area (Å²) < 4.78 is 0. The van der Waals surface area contributed by atoms with Gasteiger partial charge in [-0.05, 0) is 42.9 Å². The molecular weight excluding hydrogens is 260 g/mol. The highest BCUT2D eigenvalue weighted by Gasteiger charge is 2.38. The first-order chi connectivity index (χ1) is 10.1.